The third-order valence-electron chi connectivity index (χ3n) is 3.51. The molecule has 0 bridgehead atoms. The van der Waals surface area contributed by atoms with E-state index in [-0.39, 0.29) is 13.2 Å². The van der Waals surface area contributed by atoms with Gasteiger partial charge in [-0.3, -0.25) is 0 Å². The Bertz CT molecular complexity index is 593. The largest absolute Gasteiger partial charge is 0.444 e. The lowest BCUT2D eigenvalue weighted by molar-refractivity contribution is -0.137. The molecule has 1 aromatic carbocycles. The molecule has 1 aromatic rings. The standard InChI is InChI=1S/C16H20F3NO3/c1-15(2,3)23-14(21)20(4)13-9-22-8-10-5-6-11(7-12(10)13)16(17,18)19/h5-7,13H,8-9H2,1-4H3. The maximum Gasteiger partial charge on any atom is 0.416 e. The first kappa shape index (κ1) is 17.6. The molecule has 0 fully saturated rings. The van der Waals surface area contributed by atoms with E-state index in [4.69, 9.17) is 9.47 Å². The first-order valence-electron chi connectivity index (χ1n) is 7.22. The van der Waals surface area contributed by atoms with Gasteiger partial charge in [-0.1, -0.05) is 6.07 Å². The van der Waals surface area contributed by atoms with E-state index in [1.54, 1.807) is 20.8 Å². The van der Waals surface area contributed by atoms with E-state index in [2.05, 4.69) is 0 Å². The van der Waals surface area contributed by atoms with Gasteiger partial charge < -0.3 is 14.4 Å². The summed E-state index contributed by atoms with van der Waals surface area (Å²) >= 11 is 0. The Morgan fingerprint density at radius 1 is 1.30 bits per heavy atom. The minimum atomic E-state index is -4.43. The predicted octanol–water partition coefficient (Wildman–Crippen LogP) is 4.14. The van der Waals surface area contributed by atoms with Gasteiger partial charge in [-0.15, -0.1) is 0 Å². The van der Waals surface area contributed by atoms with Crippen molar-refractivity contribution in [2.75, 3.05) is 13.7 Å². The number of hydrogen-bond acceptors (Lipinski definition) is 3. The van der Waals surface area contributed by atoms with E-state index < -0.39 is 29.5 Å². The van der Waals surface area contributed by atoms with Gasteiger partial charge in [-0.25, -0.2) is 4.79 Å². The Morgan fingerprint density at radius 2 is 1.96 bits per heavy atom. The van der Waals surface area contributed by atoms with Crippen LogP contribution in [0.5, 0.6) is 0 Å². The van der Waals surface area contributed by atoms with Crippen molar-refractivity contribution in [3.63, 3.8) is 0 Å². The smallest absolute Gasteiger partial charge is 0.416 e. The van der Waals surface area contributed by atoms with Crippen molar-refractivity contribution in [1.29, 1.82) is 0 Å². The van der Waals surface area contributed by atoms with Crippen LogP contribution in [0.3, 0.4) is 0 Å². The maximum atomic E-state index is 12.9. The lowest BCUT2D eigenvalue weighted by atomic mass is 9.95. The van der Waals surface area contributed by atoms with Crippen molar-refractivity contribution in [2.45, 2.75) is 45.2 Å². The van der Waals surface area contributed by atoms with Gasteiger partial charge in [0.1, 0.15) is 5.60 Å². The van der Waals surface area contributed by atoms with Crippen LogP contribution in [0.4, 0.5) is 18.0 Å². The summed E-state index contributed by atoms with van der Waals surface area (Å²) in [5.74, 6) is 0. The molecule has 0 aromatic heterocycles. The third-order valence-corrected chi connectivity index (χ3v) is 3.51. The summed E-state index contributed by atoms with van der Waals surface area (Å²) in [5.41, 5.74) is -0.331. The summed E-state index contributed by atoms with van der Waals surface area (Å²) in [6.45, 7) is 5.54. The number of carbonyl (C=O) groups is 1. The number of likely N-dealkylation sites (N-methyl/N-ethyl adjacent to an activating group) is 1. The number of rotatable bonds is 1. The van der Waals surface area contributed by atoms with Gasteiger partial charge in [0.05, 0.1) is 24.8 Å². The number of carbonyl (C=O) groups excluding carboxylic acids is 1. The fourth-order valence-electron chi connectivity index (χ4n) is 2.36. The molecule has 23 heavy (non-hydrogen) atoms. The lowest BCUT2D eigenvalue weighted by Gasteiger charge is -2.34. The zero-order chi connectivity index (χ0) is 17.4. The Balaban J connectivity index is 2.31. The first-order valence-corrected chi connectivity index (χ1v) is 7.22. The molecule has 0 aliphatic carbocycles. The Morgan fingerprint density at radius 3 is 2.52 bits per heavy atom. The maximum absolute atomic E-state index is 12.9. The summed E-state index contributed by atoms with van der Waals surface area (Å²) < 4.78 is 49.5. The number of ether oxygens (including phenoxy) is 2. The molecule has 1 aliphatic heterocycles. The van der Waals surface area contributed by atoms with Gasteiger partial charge in [-0.05, 0) is 44.0 Å². The van der Waals surface area contributed by atoms with Crippen molar-refractivity contribution in [2.24, 2.45) is 0 Å². The molecule has 0 spiro atoms. The summed E-state index contributed by atoms with van der Waals surface area (Å²) in [7, 11) is 1.50. The molecule has 0 saturated heterocycles. The van der Waals surface area contributed by atoms with Crippen LogP contribution in [-0.2, 0) is 22.3 Å². The quantitative estimate of drug-likeness (QED) is 0.776. The molecule has 1 atom stereocenters. The van der Waals surface area contributed by atoms with Crippen LogP contribution in [0.15, 0.2) is 18.2 Å². The van der Waals surface area contributed by atoms with Crippen molar-refractivity contribution >= 4 is 6.09 Å². The third kappa shape index (κ3) is 4.16. The van der Waals surface area contributed by atoms with Crippen LogP contribution in [0.1, 0.15) is 43.5 Å². The summed E-state index contributed by atoms with van der Waals surface area (Å²) in [4.78, 5) is 13.5. The van der Waals surface area contributed by atoms with E-state index in [1.165, 1.54) is 18.0 Å². The summed E-state index contributed by atoms with van der Waals surface area (Å²) in [6, 6.07) is 2.89. The van der Waals surface area contributed by atoms with Gasteiger partial charge in [-0.2, -0.15) is 13.2 Å². The molecule has 0 N–H and O–H groups in total. The monoisotopic (exact) mass is 331 g/mol. The minimum absolute atomic E-state index is 0.129. The number of benzene rings is 1. The molecule has 7 heteroatoms. The topological polar surface area (TPSA) is 38.8 Å². The van der Waals surface area contributed by atoms with Crippen molar-refractivity contribution in [3.05, 3.63) is 34.9 Å². The van der Waals surface area contributed by atoms with E-state index in [0.717, 1.165) is 12.1 Å². The van der Waals surface area contributed by atoms with Crippen LogP contribution in [0.2, 0.25) is 0 Å². The number of fused-ring (bicyclic) bond motifs is 1. The predicted molar refractivity (Wildman–Crippen MR) is 77.8 cm³/mol. The zero-order valence-electron chi connectivity index (χ0n) is 13.5. The van der Waals surface area contributed by atoms with Crippen molar-refractivity contribution in [1.82, 2.24) is 4.90 Å². The van der Waals surface area contributed by atoms with Crippen LogP contribution < -0.4 is 0 Å². The molecule has 4 nitrogen and oxygen atoms in total. The van der Waals surface area contributed by atoms with Gasteiger partial charge in [0.15, 0.2) is 0 Å². The molecule has 1 heterocycles. The lowest BCUT2D eigenvalue weighted by Crippen LogP contribution is -2.40. The van der Waals surface area contributed by atoms with E-state index in [0.29, 0.717) is 11.1 Å². The normalized spacial score (nSPS) is 18.3. The zero-order valence-corrected chi connectivity index (χ0v) is 13.5. The molecular weight excluding hydrogens is 311 g/mol. The van der Waals surface area contributed by atoms with Crippen molar-refractivity contribution in [3.8, 4) is 0 Å². The average Bonchev–Trinajstić information content (AvgIpc) is 2.42. The highest BCUT2D eigenvalue weighted by Gasteiger charge is 2.35. The van der Waals surface area contributed by atoms with Crippen LogP contribution in [0, 0.1) is 0 Å². The minimum Gasteiger partial charge on any atom is -0.444 e. The number of alkyl halides is 3. The SMILES string of the molecule is CN(C(=O)OC(C)(C)C)C1COCc2ccc(C(F)(F)F)cc21. The molecular formula is C16H20F3NO3. The molecule has 1 unspecified atom stereocenters. The van der Waals surface area contributed by atoms with Gasteiger partial charge >= 0.3 is 12.3 Å². The Labute approximate surface area is 133 Å². The van der Waals surface area contributed by atoms with Crippen LogP contribution >= 0.6 is 0 Å². The number of nitrogens with zero attached hydrogens (tertiary/aromatic N) is 1. The molecule has 128 valence electrons. The Hall–Kier alpha value is -1.76. The fourth-order valence-corrected chi connectivity index (χ4v) is 2.36. The summed E-state index contributed by atoms with van der Waals surface area (Å²) in [6.07, 6.45) is -5.03. The van der Waals surface area contributed by atoms with Crippen molar-refractivity contribution < 1.29 is 27.4 Å². The second kappa shape index (κ2) is 6.03. The number of amides is 1. The highest BCUT2D eigenvalue weighted by atomic mass is 19.4. The average molecular weight is 331 g/mol. The molecule has 0 radical (unpaired) electrons. The highest BCUT2D eigenvalue weighted by molar-refractivity contribution is 5.68. The van der Waals surface area contributed by atoms with Crippen LogP contribution in [0.25, 0.3) is 0 Å². The fraction of sp³-hybridized carbons (Fsp3) is 0.562. The van der Waals surface area contributed by atoms with Crippen LogP contribution in [-0.4, -0.2) is 30.2 Å². The second-order valence-corrected chi connectivity index (χ2v) is 6.53. The van der Waals surface area contributed by atoms with Gasteiger partial charge in [0, 0.05) is 7.05 Å². The molecule has 0 saturated carbocycles. The summed E-state index contributed by atoms with van der Waals surface area (Å²) in [5, 5.41) is 0. The molecule has 2 rings (SSSR count). The Kier molecular flexibility index (Phi) is 4.61. The second-order valence-electron chi connectivity index (χ2n) is 6.53. The number of halogens is 3. The first-order chi connectivity index (χ1) is 10.5. The van der Waals surface area contributed by atoms with E-state index in [9.17, 15) is 18.0 Å². The number of hydrogen-bond donors (Lipinski definition) is 0. The van der Waals surface area contributed by atoms with Gasteiger partial charge in [0.2, 0.25) is 0 Å². The molecule has 1 aliphatic rings. The van der Waals surface area contributed by atoms with E-state index in [1.807, 2.05) is 0 Å². The van der Waals surface area contributed by atoms with E-state index >= 15 is 0 Å². The highest BCUT2D eigenvalue weighted by Crippen LogP contribution is 2.36. The molecule has 1 amide bonds. The van der Waals surface area contributed by atoms with Gasteiger partial charge in [0.25, 0.3) is 0 Å².